The number of nitrogens with one attached hydrogen (secondary N) is 1. The Hall–Kier alpha value is -0.720. The Morgan fingerprint density at radius 3 is 2.59 bits per heavy atom. The van der Waals surface area contributed by atoms with Gasteiger partial charge in [-0.3, -0.25) is 4.79 Å². The highest BCUT2D eigenvalue weighted by atomic mass is 127. The Balaban J connectivity index is 2.21. The van der Waals surface area contributed by atoms with Gasteiger partial charge in [-0.25, -0.2) is 8.78 Å². The molecule has 1 N–H and O–H groups in total. The summed E-state index contributed by atoms with van der Waals surface area (Å²) in [6.45, 7) is 0. The molecule has 1 aliphatic rings. The van der Waals surface area contributed by atoms with E-state index >= 15 is 0 Å². The van der Waals surface area contributed by atoms with Gasteiger partial charge in [0.05, 0.1) is 0 Å². The van der Waals surface area contributed by atoms with Crippen LogP contribution in [0, 0.1) is 15.2 Å². The van der Waals surface area contributed by atoms with Gasteiger partial charge in [-0.2, -0.15) is 0 Å². The highest BCUT2D eigenvalue weighted by molar-refractivity contribution is 14.1. The van der Waals surface area contributed by atoms with E-state index in [4.69, 9.17) is 0 Å². The van der Waals surface area contributed by atoms with E-state index in [0.717, 1.165) is 31.7 Å². The van der Waals surface area contributed by atoms with Crippen LogP contribution in [0.2, 0.25) is 0 Å². The average Bonchev–Trinajstić information content (AvgIpc) is 2.77. The number of hydrogen-bond donors (Lipinski definition) is 1. The number of amides is 1. The molecule has 1 aliphatic carbocycles. The van der Waals surface area contributed by atoms with Crippen LogP contribution in [-0.2, 0) is 0 Å². The molecule has 1 aromatic rings. The van der Waals surface area contributed by atoms with E-state index in [1.807, 2.05) is 0 Å². The predicted molar refractivity (Wildman–Crippen MR) is 68.8 cm³/mol. The topological polar surface area (TPSA) is 29.1 Å². The Kier molecular flexibility index (Phi) is 3.96. The highest BCUT2D eigenvalue weighted by Gasteiger charge is 2.23. The summed E-state index contributed by atoms with van der Waals surface area (Å²) in [4.78, 5) is 11.8. The van der Waals surface area contributed by atoms with Crippen LogP contribution < -0.4 is 5.32 Å². The number of carbonyl (C=O) groups excluding carboxylic acids is 1. The molecular weight excluding hydrogens is 339 g/mol. The molecule has 0 radical (unpaired) electrons. The van der Waals surface area contributed by atoms with Crippen LogP contribution in [0.15, 0.2) is 12.1 Å². The van der Waals surface area contributed by atoms with E-state index in [1.54, 1.807) is 22.6 Å². The Bertz CT molecular complexity index is 444. The molecule has 0 spiro atoms. The quantitative estimate of drug-likeness (QED) is 0.643. The molecule has 2 rings (SSSR count). The fourth-order valence-corrected chi connectivity index (χ4v) is 2.51. The van der Waals surface area contributed by atoms with Gasteiger partial charge < -0.3 is 5.32 Å². The summed E-state index contributed by atoms with van der Waals surface area (Å²) in [6.07, 6.45) is 3.89. The third-order valence-corrected chi connectivity index (χ3v) is 3.79. The van der Waals surface area contributed by atoms with Crippen LogP contribution in [0.4, 0.5) is 8.78 Å². The predicted octanol–water partition coefficient (Wildman–Crippen LogP) is 3.24. The molecule has 0 unspecified atom stereocenters. The summed E-state index contributed by atoms with van der Waals surface area (Å²) < 4.78 is 27.4. The van der Waals surface area contributed by atoms with Gasteiger partial charge in [0.2, 0.25) is 0 Å². The zero-order chi connectivity index (χ0) is 12.4. The van der Waals surface area contributed by atoms with Crippen molar-refractivity contribution in [2.45, 2.75) is 31.7 Å². The monoisotopic (exact) mass is 351 g/mol. The molecule has 0 heterocycles. The van der Waals surface area contributed by atoms with E-state index in [9.17, 15) is 13.6 Å². The van der Waals surface area contributed by atoms with E-state index in [-0.39, 0.29) is 9.61 Å². The van der Waals surface area contributed by atoms with Crippen molar-refractivity contribution in [2.24, 2.45) is 0 Å². The van der Waals surface area contributed by atoms with Crippen molar-refractivity contribution >= 4 is 28.5 Å². The fraction of sp³-hybridized carbons (Fsp3) is 0.417. The van der Waals surface area contributed by atoms with Gasteiger partial charge in [-0.1, -0.05) is 12.8 Å². The number of rotatable bonds is 2. The molecule has 0 aromatic heterocycles. The Labute approximate surface area is 112 Å². The van der Waals surface area contributed by atoms with Crippen molar-refractivity contribution in [3.05, 3.63) is 32.9 Å². The standard InChI is InChI=1S/C12H12F2INO/c13-8-5-6-9(15)11(14)10(8)12(17)16-7-3-1-2-4-7/h5-7H,1-4H2,(H,16,17). The zero-order valence-corrected chi connectivity index (χ0v) is 11.3. The normalized spacial score (nSPS) is 16.2. The molecule has 0 saturated heterocycles. The van der Waals surface area contributed by atoms with Crippen molar-refractivity contribution in [2.75, 3.05) is 0 Å². The second-order valence-electron chi connectivity index (χ2n) is 4.17. The number of benzene rings is 1. The van der Waals surface area contributed by atoms with Crippen molar-refractivity contribution in [3.8, 4) is 0 Å². The lowest BCUT2D eigenvalue weighted by Gasteiger charge is -2.13. The molecular formula is C12H12F2INO. The minimum absolute atomic E-state index is 0.0548. The van der Waals surface area contributed by atoms with Crippen LogP contribution in [0.1, 0.15) is 36.0 Å². The zero-order valence-electron chi connectivity index (χ0n) is 9.10. The third-order valence-electron chi connectivity index (χ3n) is 2.96. The maximum Gasteiger partial charge on any atom is 0.257 e. The lowest BCUT2D eigenvalue weighted by atomic mass is 10.1. The van der Waals surface area contributed by atoms with Crippen molar-refractivity contribution in [1.82, 2.24) is 5.32 Å². The van der Waals surface area contributed by atoms with E-state index in [2.05, 4.69) is 5.32 Å². The lowest BCUT2D eigenvalue weighted by Crippen LogP contribution is -2.34. The van der Waals surface area contributed by atoms with Crippen LogP contribution in [0.5, 0.6) is 0 Å². The third kappa shape index (κ3) is 2.75. The smallest absolute Gasteiger partial charge is 0.257 e. The van der Waals surface area contributed by atoms with Gasteiger partial charge in [0.1, 0.15) is 11.4 Å². The number of halogens is 3. The molecule has 0 aliphatic heterocycles. The van der Waals surface area contributed by atoms with Crippen LogP contribution in [0.3, 0.4) is 0 Å². The van der Waals surface area contributed by atoms with Gasteiger partial charge in [-0.15, -0.1) is 0 Å². The van der Waals surface area contributed by atoms with Gasteiger partial charge in [0.15, 0.2) is 5.82 Å². The van der Waals surface area contributed by atoms with Gasteiger partial charge in [-0.05, 0) is 47.6 Å². The maximum atomic E-state index is 13.7. The van der Waals surface area contributed by atoms with Crippen molar-refractivity contribution in [1.29, 1.82) is 0 Å². The summed E-state index contributed by atoms with van der Waals surface area (Å²) >= 11 is 1.74. The van der Waals surface area contributed by atoms with Crippen LogP contribution in [0.25, 0.3) is 0 Å². The van der Waals surface area contributed by atoms with Gasteiger partial charge in [0, 0.05) is 9.61 Å². The van der Waals surface area contributed by atoms with E-state index < -0.39 is 23.1 Å². The van der Waals surface area contributed by atoms with E-state index in [0.29, 0.717) is 0 Å². The largest absolute Gasteiger partial charge is 0.349 e. The minimum atomic E-state index is -0.807. The summed E-state index contributed by atoms with van der Waals surface area (Å²) in [7, 11) is 0. The van der Waals surface area contributed by atoms with Gasteiger partial charge in [0.25, 0.3) is 5.91 Å². The number of carbonyl (C=O) groups is 1. The highest BCUT2D eigenvalue weighted by Crippen LogP contribution is 2.21. The average molecular weight is 351 g/mol. The lowest BCUT2D eigenvalue weighted by molar-refractivity contribution is 0.0929. The first-order valence-corrected chi connectivity index (χ1v) is 6.62. The second-order valence-corrected chi connectivity index (χ2v) is 5.34. The van der Waals surface area contributed by atoms with E-state index in [1.165, 1.54) is 6.07 Å². The number of hydrogen-bond acceptors (Lipinski definition) is 1. The minimum Gasteiger partial charge on any atom is -0.349 e. The summed E-state index contributed by atoms with van der Waals surface area (Å²) in [6, 6.07) is 2.49. The van der Waals surface area contributed by atoms with Crippen molar-refractivity contribution in [3.63, 3.8) is 0 Å². The Morgan fingerprint density at radius 1 is 1.29 bits per heavy atom. The summed E-state index contributed by atoms with van der Waals surface area (Å²) in [5.41, 5.74) is -0.469. The SMILES string of the molecule is O=C(NC1CCCC1)c1c(F)ccc(I)c1F. The maximum absolute atomic E-state index is 13.7. The first-order valence-electron chi connectivity index (χ1n) is 5.54. The molecule has 1 aromatic carbocycles. The molecule has 1 saturated carbocycles. The van der Waals surface area contributed by atoms with Gasteiger partial charge >= 0.3 is 0 Å². The molecule has 17 heavy (non-hydrogen) atoms. The van der Waals surface area contributed by atoms with Crippen LogP contribution >= 0.6 is 22.6 Å². The Morgan fingerprint density at radius 2 is 1.94 bits per heavy atom. The summed E-state index contributed by atoms with van der Waals surface area (Å²) in [5.74, 6) is -2.23. The fourth-order valence-electron chi connectivity index (χ4n) is 2.06. The van der Waals surface area contributed by atoms with Crippen LogP contribution in [-0.4, -0.2) is 11.9 Å². The molecule has 2 nitrogen and oxygen atoms in total. The van der Waals surface area contributed by atoms with Crippen molar-refractivity contribution < 1.29 is 13.6 Å². The molecule has 0 atom stereocenters. The first kappa shape index (κ1) is 12.7. The molecule has 0 bridgehead atoms. The molecule has 92 valence electrons. The first-order chi connectivity index (χ1) is 8.09. The second kappa shape index (κ2) is 5.29. The molecule has 1 amide bonds. The molecule has 1 fully saturated rings. The molecule has 5 heteroatoms. The summed E-state index contributed by atoms with van der Waals surface area (Å²) in [5, 5.41) is 2.68.